The molecule has 0 spiro atoms. The summed E-state index contributed by atoms with van der Waals surface area (Å²) in [7, 11) is 2.25. The highest BCUT2D eigenvalue weighted by atomic mass is 32.1. The number of thiazole rings is 1. The van der Waals surface area contributed by atoms with E-state index >= 15 is 0 Å². The SMILES string of the molecule is CCNCC1(CN(C)Cc2csc(C)n2)CCCC(C)C1. The van der Waals surface area contributed by atoms with Gasteiger partial charge in [0.25, 0.3) is 0 Å². The van der Waals surface area contributed by atoms with Gasteiger partial charge in [0, 0.05) is 25.0 Å². The van der Waals surface area contributed by atoms with Gasteiger partial charge in [-0.1, -0.05) is 26.7 Å². The minimum atomic E-state index is 0.452. The van der Waals surface area contributed by atoms with Crippen molar-refractivity contribution in [3.8, 4) is 0 Å². The highest BCUT2D eigenvalue weighted by molar-refractivity contribution is 7.09. The van der Waals surface area contributed by atoms with E-state index in [4.69, 9.17) is 0 Å². The summed E-state index contributed by atoms with van der Waals surface area (Å²) in [6.07, 6.45) is 5.52. The average molecular weight is 310 g/mol. The van der Waals surface area contributed by atoms with Gasteiger partial charge < -0.3 is 5.32 Å². The molecule has 120 valence electrons. The zero-order valence-corrected chi connectivity index (χ0v) is 14.9. The highest BCUT2D eigenvalue weighted by Gasteiger charge is 2.35. The first-order valence-electron chi connectivity index (χ1n) is 8.33. The summed E-state index contributed by atoms with van der Waals surface area (Å²) in [6.45, 7) is 11.1. The predicted molar refractivity (Wildman–Crippen MR) is 91.8 cm³/mol. The van der Waals surface area contributed by atoms with Crippen molar-refractivity contribution in [3.05, 3.63) is 16.1 Å². The minimum Gasteiger partial charge on any atom is -0.316 e. The quantitative estimate of drug-likeness (QED) is 0.832. The largest absolute Gasteiger partial charge is 0.316 e. The monoisotopic (exact) mass is 309 g/mol. The van der Waals surface area contributed by atoms with Crippen molar-refractivity contribution < 1.29 is 0 Å². The summed E-state index contributed by atoms with van der Waals surface area (Å²) in [5.41, 5.74) is 1.68. The Labute approximate surface area is 134 Å². The average Bonchev–Trinajstić information content (AvgIpc) is 2.81. The molecule has 1 saturated carbocycles. The molecular formula is C17H31N3S. The molecule has 1 aromatic rings. The van der Waals surface area contributed by atoms with E-state index in [0.717, 1.165) is 25.6 Å². The Morgan fingerprint density at radius 1 is 1.52 bits per heavy atom. The standard InChI is InChI=1S/C17H31N3S/c1-5-18-12-17(8-6-7-14(2)9-17)13-20(4)10-16-11-21-15(3)19-16/h11,14,18H,5-10,12-13H2,1-4H3. The van der Waals surface area contributed by atoms with E-state index in [1.807, 2.05) is 0 Å². The molecule has 3 nitrogen and oxygen atoms in total. The summed E-state index contributed by atoms with van der Waals surface area (Å²) in [6, 6.07) is 0. The first-order chi connectivity index (χ1) is 10.0. The smallest absolute Gasteiger partial charge is 0.0897 e. The van der Waals surface area contributed by atoms with Crippen molar-refractivity contribution in [2.45, 2.75) is 53.0 Å². The van der Waals surface area contributed by atoms with Crippen LogP contribution in [0, 0.1) is 18.3 Å². The maximum Gasteiger partial charge on any atom is 0.0897 e. The fourth-order valence-corrected chi connectivity index (χ4v) is 4.51. The number of nitrogens with one attached hydrogen (secondary N) is 1. The molecule has 4 heteroatoms. The van der Waals surface area contributed by atoms with Crippen LogP contribution < -0.4 is 5.32 Å². The van der Waals surface area contributed by atoms with Crippen LogP contribution in [0.5, 0.6) is 0 Å². The van der Waals surface area contributed by atoms with Crippen molar-refractivity contribution in [1.82, 2.24) is 15.2 Å². The van der Waals surface area contributed by atoms with Crippen LogP contribution in [0.1, 0.15) is 50.2 Å². The van der Waals surface area contributed by atoms with E-state index in [2.05, 4.69) is 48.4 Å². The maximum atomic E-state index is 4.60. The first kappa shape index (κ1) is 16.9. The summed E-state index contributed by atoms with van der Waals surface area (Å²) >= 11 is 1.76. The van der Waals surface area contributed by atoms with Crippen LogP contribution in [-0.2, 0) is 6.54 Å². The van der Waals surface area contributed by atoms with E-state index < -0.39 is 0 Å². The Bertz CT molecular complexity index is 431. The molecule has 2 atom stereocenters. The van der Waals surface area contributed by atoms with Crippen molar-refractivity contribution >= 4 is 11.3 Å². The topological polar surface area (TPSA) is 28.2 Å². The van der Waals surface area contributed by atoms with E-state index in [0.29, 0.717) is 5.41 Å². The Morgan fingerprint density at radius 2 is 2.33 bits per heavy atom. The lowest BCUT2D eigenvalue weighted by atomic mass is 9.69. The third-order valence-electron chi connectivity index (χ3n) is 4.64. The van der Waals surface area contributed by atoms with E-state index in [1.165, 1.54) is 42.9 Å². The molecule has 1 aliphatic carbocycles. The highest BCUT2D eigenvalue weighted by Crippen LogP contribution is 2.39. The number of rotatable bonds is 7. The molecule has 0 bridgehead atoms. The number of aromatic nitrogens is 1. The van der Waals surface area contributed by atoms with Crippen molar-refractivity contribution in [3.63, 3.8) is 0 Å². The predicted octanol–water partition coefficient (Wildman–Crippen LogP) is 3.69. The number of nitrogens with zero attached hydrogens (tertiary/aromatic N) is 2. The van der Waals surface area contributed by atoms with Crippen molar-refractivity contribution in [2.24, 2.45) is 11.3 Å². The van der Waals surface area contributed by atoms with Gasteiger partial charge >= 0.3 is 0 Å². The number of hydrogen-bond donors (Lipinski definition) is 1. The fourth-order valence-electron chi connectivity index (χ4n) is 3.90. The lowest BCUT2D eigenvalue weighted by Gasteiger charge is -2.42. The molecular weight excluding hydrogens is 278 g/mol. The molecule has 0 amide bonds. The molecule has 1 aliphatic rings. The summed E-state index contributed by atoms with van der Waals surface area (Å²) in [4.78, 5) is 7.08. The zero-order valence-electron chi connectivity index (χ0n) is 14.1. The van der Waals surface area contributed by atoms with Crippen LogP contribution in [0.3, 0.4) is 0 Å². The summed E-state index contributed by atoms with van der Waals surface area (Å²) in [5, 5.41) is 6.99. The van der Waals surface area contributed by atoms with Gasteiger partial charge in [0.2, 0.25) is 0 Å². The van der Waals surface area contributed by atoms with E-state index in [-0.39, 0.29) is 0 Å². The Balaban J connectivity index is 1.96. The zero-order chi connectivity index (χ0) is 15.3. The Hall–Kier alpha value is -0.450. The van der Waals surface area contributed by atoms with Crippen LogP contribution in [0.2, 0.25) is 0 Å². The van der Waals surface area contributed by atoms with Crippen molar-refractivity contribution in [2.75, 3.05) is 26.7 Å². The van der Waals surface area contributed by atoms with Gasteiger partial charge in [-0.25, -0.2) is 4.98 Å². The minimum absolute atomic E-state index is 0.452. The van der Waals surface area contributed by atoms with Crippen LogP contribution in [0.25, 0.3) is 0 Å². The molecule has 0 aliphatic heterocycles. The third-order valence-corrected chi connectivity index (χ3v) is 5.46. The van der Waals surface area contributed by atoms with Gasteiger partial charge in [-0.15, -0.1) is 11.3 Å². The molecule has 0 saturated heterocycles. The second-order valence-electron chi connectivity index (χ2n) is 7.01. The lowest BCUT2D eigenvalue weighted by molar-refractivity contribution is 0.0891. The molecule has 21 heavy (non-hydrogen) atoms. The van der Waals surface area contributed by atoms with E-state index in [1.54, 1.807) is 11.3 Å². The molecule has 2 rings (SSSR count). The lowest BCUT2D eigenvalue weighted by Crippen LogP contribution is -2.45. The van der Waals surface area contributed by atoms with Crippen LogP contribution in [0.4, 0.5) is 0 Å². The molecule has 1 aromatic heterocycles. The number of hydrogen-bond acceptors (Lipinski definition) is 4. The van der Waals surface area contributed by atoms with E-state index in [9.17, 15) is 0 Å². The normalized spacial score (nSPS) is 26.4. The molecule has 1 N–H and O–H groups in total. The molecule has 0 radical (unpaired) electrons. The van der Waals surface area contributed by atoms with Gasteiger partial charge in [-0.2, -0.15) is 0 Å². The second kappa shape index (κ2) is 7.70. The first-order valence-corrected chi connectivity index (χ1v) is 9.21. The molecule has 1 fully saturated rings. The van der Waals surface area contributed by atoms with Crippen molar-refractivity contribution in [1.29, 1.82) is 0 Å². The van der Waals surface area contributed by atoms with Gasteiger partial charge in [-0.3, -0.25) is 4.90 Å². The van der Waals surface area contributed by atoms with Gasteiger partial charge in [0.15, 0.2) is 0 Å². The summed E-state index contributed by atoms with van der Waals surface area (Å²) < 4.78 is 0. The van der Waals surface area contributed by atoms with Crippen LogP contribution >= 0.6 is 11.3 Å². The van der Waals surface area contributed by atoms with Crippen LogP contribution in [0.15, 0.2) is 5.38 Å². The Morgan fingerprint density at radius 3 is 2.95 bits per heavy atom. The maximum absolute atomic E-state index is 4.60. The van der Waals surface area contributed by atoms with Gasteiger partial charge in [0.1, 0.15) is 0 Å². The molecule has 2 unspecified atom stereocenters. The third kappa shape index (κ3) is 5.04. The van der Waals surface area contributed by atoms with Gasteiger partial charge in [-0.05, 0) is 44.7 Å². The summed E-state index contributed by atoms with van der Waals surface area (Å²) in [5.74, 6) is 0.868. The van der Waals surface area contributed by atoms with Gasteiger partial charge in [0.05, 0.1) is 10.7 Å². The Kier molecular flexibility index (Phi) is 6.20. The molecule has 0 aromatic carbocycles. The van der Waals surface area contributed by atoms with Crippen LogP contribution in [-0.4, -0.2) is 36.6 Å². The second-order valence-corrected chi connectivity index (χ2v) is 8.07. The fraction of sp³-hybridized carbons (Fsp3) is 0.824. The molecule has 1 heterocycles. The number of aryl methyl sites for hydroxylation is 1.